The Labute approximate surface area is 159 Å². The highest BCUT2D eigenvalue weighted by molar-refractivity contribution is 5.94. The number of hydrogen-bond donors (Lipinski definition) is 3. The minimum atomic E-state index is -0.409. The lowest BCUT2D eigenvalue weighted by Crippen LogP contribution is -3.14. The van der Waals surface area contributed by atoms with Crippen LogP contribution in [0, 0.1) is 11.3 Å². The number of carbonyl (C=O) groups excluding carboxylic acids is 2. The quantitative estimate of drug-likeness (QED) is 0.697. The first-order chi connectivity index (χ1) is 12.9. The van der Waals surface area contributed by atoms with Gasteiger partial charge in [-0.1, -0.05) is 25.1 Å². The molecular formula is C21H25N4O2+. The highest BCUT2D eigenvalue weighted by Gasteiger charge is 2.24. The monoisotopic (exact) mass is 365 g/mol. The average molecular weight is 365 g/mol. The zero-order chi connectivity index (χ0) is 19.8. The summed E-state index contributed by atoms with van der Waals surface area (Å²) in [5.74, 6) is -0.314. The van der Waals surface area contributed by atoms with Crippen LogP contribution in [0.5, 0.6) is 0 Å². The maximum atomic E-state index is 12.4. The van der Waals surface area contributed by atoms with Gasteiger partial charge in [-0.2, -0.15) is 5.26 Å². The van der Waals surface area contributed by atoms with Crippen LogP contribution in [0.3, 0.4) is 0 Å². The largest absolute Gasteiger partial charge is 0.321 e. The van der Waals surface area contributed by atoms with Crippen molar-refractivity contribution in [2.45, 2.75) is 26.3 Å². The van der Waals surface area contributed by atoms with Crippen LogP contribution in [0.2, 0.25) is 0 Å². The first-order valence-electron chi connectivity index (χ1n) is 8.95. The Kier molecular flexibility index (Phi) is 7.09. The second-order valence-corrected chi connectivity index (χ2v) is 6.48. The number of benzene rings is 2. The molecule has 2 aromatic rings. The lowest BCUT2D eigenvalue weighted by atomic mass is 10.1. The van der Waals surface area contributed by atoms with Crippen molar-refractivity contribution < 1.29 is 14.5 Å². The van der Waals surface area contributed by atoms with E-state index in [1.165, 1.54) is 0 Å². The fraction of sp³-hybridized carbons (Fsp3) is 0.286. The Balaban J connectivity index is 1.91. The fourth-order valence-electron chi connectivity index (χ4n) is 2.65. The van der Waals surface area contributed by atoms with Crippen molar-refractivity contribution in [3.63, 3.8) is 0 Å². The summed E-state index contributed by atoms with van der Waals surface area (Å²) in [6, 6.07) is 16.0. The molecular weight excluding hydrogens is 340 g/mol. The summed E-state index contributed by atoms with van der Waals surface area (Å²) in [5.41, 5.74) is 3.05. The van der Waals surface area contributed by atoms with E-state index in [4.69, 9.17) is 5.26 Å². The second kappa shape index (κ2) is 9.51. The summed E-state index contributed by atoms with van der Waals surface area (Å²) < 4.78 is 0. The molecule has 0 fully saturated rings. The normalized spacial score (nSPS) is 12.5. The van der Waals surface area contributed by atoms with Crippen molar-refractivity contribution in [3.05, 3.63) is 59.7 Å². The molecule has 2 aromatic carbocycles. The molecule has 0 spiro atoms. The van der Waals surface area contributed by atoms with Crippen molar-refractivity contribution in [1.82, 2.24) is 0 Å². The lowest BCUT2D eigenvalue weighted by Gasteiger charge is -2.21. The molecule has 0 aliphatic carbocycles. The maximum absolute atomic E-state index is 12.4. The van der Waals surface area contributed by atoms with E-state index in [-0.39, 0.29) is 18.4 Å². The molecule has 140 valence electrons. The van der Waals surface area contributed by atoms with E-state index < -0.39 is 6.04 Å². The van der Waals surface area contributed by atoms with E-state index in [0.29, 0.717) is 11.3 Å². The third-order valence-electron chi connectivity index (χ3n) is 4.53. The second-order valence-electron chi connectivity index (χ2n) is 6.48. The number of anilines is 2. The van der Waals surface area contributed by atoms with E-state index in [0.717, 1.165) is 22.6 Å². The molecule has 2 amide bonds. The van der Waals surface area contributed by atoms with Gasteiger partial charge < -0.3 is 15.5 Å². The van der Waals surface area contributed by atoms with Crippen LogP contribution in [0.1, 0.15) is 25.0 Å². The first-order valence-corrected chi connectivity index (χ1v) is 8.95. The molecule has 0 saturated heterocycles. The lowest BCUT2D eigenvalue weighted by molar-refractivity contribution is -0.885. The third-order valence-corrected chi connectivity index (χ3v) is 4.53. The highest BCUT2D eigenvalue weighted by atomic mass is 16.2. The van der Waals surface area contributed by atoms with Gasteiger partial charge in [-0.25, -0.2) is 0 Å². The van der Waals surface area contributed by atoms with Gasteiger partial charge in [0.05, 0.1) is 18.7 Å². The third kappa shape index (κ3) is 5.66. The molecule has 0 radical (unpaired) electrons. The van der Waals surface area contributed by atoms with Crippen molar-refractivity contribution >= 4 is 23.2 Å². The molecule has 2 atom stereocenters. The van der Waals surface area contributed by atoms with Crippen molar-refractivity contribution in [2.24, 2.45) is 0 Å². The summed E-state index contributed by atoms with van der Waals surface area (Å²) in [7, 11) is 1.81. The molecule has 1 unspecified atom stereocenters. The summed E-state index contributed by atoms with van der Waals surface area (Å²) in [4.78, 5) is 25.6. The number of aryl methyl sites for hydroxylation is 1. The van der Waals surface area contributed by atoms with E-state index in [1.54, 1.807) is 31.2 Å². The average Bonchev–Trinajstić information content (AvgIpc) is 2.68. The van der Waals surface area contributed by atoms with Crippen LogP contribution >= 0.6 is 0 Å². The summed E-state index contributed by atoms with van der Waals surface area (Å²) in [6.45, 7) is 4.00. The predicted octanol–water partition coefficient (Wildman–Crippen LogP) is 1.60. The summed E-state index contributed by atoms with van der Waals surface area (Å²) in [5, 5.41) is 14.6. The first kappa shape index (κ1) is 20.1. The molecule has 3 N–H and O–H groups in total. The van der Waals surface area contributed by atoms with Crippen LogP contribution in [0.25, 0.3) is 0 Å². The van der Waals surface area contributed by atoms with Gasteiger partial charge in [0.15, 0.2) is 12.6 Å². The van der Waals surface area contributed by atoms with Gasteiger partial charge in [-0.15, -0.1) is 0 Å². The zero-order valence-electron chi connectivity index (χ0n) is 15.9. The number of quaternary nitrogens is 1. The minimum Gasteiger partial charge on any atom is -0.321 e. The van der Waals surface area contributed by atoms with Crippen molar-refractivity contribution in [2.75, 3.05) is 24.2 Å². The molecule has 0 aliphatic rings. The van der Waals surface area contributed by atoms with Crippen LogP contribution < -0.4 is 15.5 Å². The molecule has 0 aliphatic heterocycles. The van der Waals surface area contributed by atoms with Gasteiger partial charge in [-0.05, 0) is 49.2 Å². The van der Waals surface area contributed by atoms with E-state index in [9.17, 15) is 9.59 Å². The summed E-state index contributed by atoms with van der Waals surface area (Å²) in [6.07, 6.45) is 0.836. The van der Waals surface area contributed by atoms with Crippen LogP contribution in [0.4, 0.5) is 11.4 Å². The molecule has 27 heavy (non-hydrogen) atoms. The fourth-order valence-corrected chi connectivity index (χ4v) is 2.65. The number of likely N-dealkylation sites (N-methyl/N-ethyl adjacent to an activating group) is 1. The SMILES string of the molecule is CCc1ccccc1NC(=O)C[NH+](C)[C@H](C)C(=O)Nc1ccc(C#N)cc1. The highest BCUT2D eigenvalue weighted by Crippen LogP contribution is 2.14. The number of amides is 2. The number of rotatable bonds is 7. The molecule has 0 saturated carbocycles. The van der Waals surface area contributed by atoms with Gasteiger partial charge >= 0.3 is 0 Å². The molecule has 0 heterocycles. The minimum absolute atomic E-state index is 0.133. The van der Waals surface area contributed by atoms with E-state index in [2.05, 4.69) is 10.6 Å². The van der Waals surface area contributed by atoms with Gasteiger partial charge in [-0.3, -0.25) is 9.59 Å². The molecule has 0 bridgehead atoms. The Morgan fingerprint density at radius 2 is 1.78 bits per heavy atom. The number of carbonyl (C=O) groups is 2. The summed E-state index contributed by atoms with van der Waals surface area (Å²) >= 11 is 0. The van der Waals surface area contributed by atoms with Crippen molar-refractivity contribution in [3.8, 4) is 6.07 Å². The number of nitrogens with zero attached hydrogens (tertiary/aromatic N) is 1. The number of para-hydroxylation sites is 1. The standard InChI is InChI=1S/C21H24N4O2/c1-4-17-7-5-6-8-19(17)24-20(26)14-25(3)15(2)21(27)23-18-11-9-16(13-22)10-12-18/h5-12,15H,4,14H2,1-3H3,(H,23,27)(H,24,26)/p+1/t15-/m1/s1. The Bertz CT molecular complexity index is 840. The van der Waals surface area contributed by atoms with E-state index in [1.807, 2.05) is 44.3 Å². The van der Waals surface area contributed by atoms with Gasteiger partial charge in [0.1, 0.15) is 0 Å². The van der Waals surface area contributed by atoms with Crippen LogP contribution in [0.15, 0.2) is 48.5 Å². The Morgan fingerprint density at radius 1 is 1.11 bits per heavy atom. The molecule has 6 heteroatoms. The maximum Gasteiger partial charge on any atom is 0.282 e. The predicted molar refractivity (Wildman–Crippen MR) is 105 cm³/mol. The van der Waals surface area contributed by atoms with E-state index >= 15 is 0 Å². The molecule has 0 aromatic heterocycles. The number of nitriles is 1. The number of nitrogens with one attached hydrogen (secondary N) is 3. The Hall–Kier alpha value is -3.17. The zero-order valence-corrected chi connectivity index (χ0v) is 15.9. The number of hydrogen-bond acceptors (Lipinski definition) is 3. The van der Waals surface area contributed by atoms with Gasteiger partial charge in [0, 0.05) is 11.4 Å². The van der Waals surface area contributed by atoms with Crippen LogP contribution in [-0.4, -0.2) is 31.4 Å². The molecule has 6 nitrogen and oxygen atoms in total. The van der Waals surface area contributed by atoms with Crippen LogP contribution in [-0.2, 0) is 16.0 Å². The van der Waals surface area contributed by atoms with Crippen molar-refractivity contribution in [1.29, 1.82) is 5.26 Å². The smallest absolute Gasteiger partial charge is 0.282 e. The Morgan fingerprint density at radius 3 is 2.41 bits per heavy atom. The van der Waals surface area contributed by atoms with Gasteiger partial charge in [0.2, 0.25) is 0 Å². The topological polar surface area (TPSA) is 86.4 Å². The van der Waals surface area contributed by atoms with Gasteiger partial charge in [0.25, 0.3) is 11.8 Å². The molecule has 2 rings (SSSR count).